The van der Waals surface area contributed by atoms with Crippen molar-refractivity contribution in [1.29, 1.82) is 0 Å². The van der Waals surface area contributed by atoms with Gasteiger partial charge in [0.2, 0.25) is 0 Å². The molecule has 0 saturated heterocycles. The lowest BCUT2D eigenvalue weighted by molar-refractivity contribution is 0.636. The van der Waals surface area contributed by atoms with Crippen molar-refractivity contribution in [1.82, 2.24) is 25.0 Å². The maximum atomic E-state index is 4.24. The summed E-state index contributed by atoms with van der Waals surface area (Å²) in [6.45, 7) is 1.02. The molecule has 0 spiro atoms. The fraction of sp³-hybridized carbons (Fsp3) is 0.500. The number of fused-ring (bicyclic) bond motifs is 1. The first-order chi connectivity index (χ1) is 7.45. The molecule has 0 amide bonds. The molecule has 3 rings (SSSR count). The first-order valence-electron chi connectivity index (χ1n) is 5.37. The zero-order chi connectivity index (χ0) is 10.1. The van der Waals surface area contributed by atoms with Gasteiger partial charge in [0.1, 0.15) is 11.5 Å². The van der Waals surface area contributed by atoms with E-state index < -0.39 is 0 Å². The highest BCUT2D eigenvalue weighted by atomic mass is 15.3. The van der Waals surface area contributed by atoms with E-state index in [0.29, 0.717) is 0 Å². The average molecular weight is 203 g/mol. The average Bonchev–Trinajstić information content (AvgIpc) is 2.83. The van der Waals surface area contributed by atoms with Gasteiger partial charge in [0.05, 0.1) is 0 Å². The lowest BCUT2D eigenvalue weighted by Crippen LogP contribution is -2.03. The largest absolute Gasteiger partial charge is 0.310 e. The first-order valence-corrected chi connectivity index (χ1v) is 5.37. The number of rotatable bonds is 1. The van der Waals surface area contributed by atoms with E-state index in [1.54, 1.807) is 6.20 Å². The van der Waals surface area contributed by atoms with Gasteiger partial charge in [-0.3, -0.25) is 5.10 Å². The quantitative estimate of drug-likeness (QED) is 0.762. The van der Waals surface area contributed by atoms with Crippen molar-refractivity contribution in [3.8, 4) is 11.5 Å². The minimum Gasteiger partial charge on any atom is -0.310 e. The van der Waals surface area contributed by atoms with Gasteiger partial charge < -0.3 is 4.57 Å². The van der Waals surface area contributed by atoms with E-state index >= 15 is 0 Å². The van der Waals surface area contributed by atoms with Crippen molar-refractivity contribution in [2.75, 3.05) is 0 Å². The molecule has 0 saturated carbocycles. The molecule has 1 N–H and O–H groups in total. The summed E-state index contributed by atoms with van der Waals surface area (Å²) < 4.78 is 2.21. The Kier molecular flexibility index (Phi) is 2.01. The molecule has 0 bridgehead atoms. The van der Waals surface area contributed by atoms with Crippen LogP contribution >= 0.6 is 0 Å². The van der Waals surface area contributed by atoms with Crippen LogP contribution in [0, 0.1) is 0 Å². The smallest absolute Gasteiger partial charge is 0.182 e. The van der Waals surface area contributed by atoms with E-state index in [2.05, 4.69) is 25.0 Å². The zero-order valence-corrected chi connectivity index (χ0v) is 8.48. The zero-order valence-electron chi connectivity index (χ0n) is 8.48. The number of nitrogens with zero attached hydrogens (tertiary/aromatic N) is 4. The van der Waals surface area contributed by atoms with Gasteiger partial charge in [0, 0.05) is 19.2 Å². The summed E-state index contributed by atoms with van der Waals surface area (Å²) in [5.74, 6) is 2.03. The second kappa shape index (κ2) is 3.49. The van der Waals surface area contributed by atoms with E-state index in [1.807, 2.05) is 6.07 Å². The van der Waals surface area contributed by atoms with E-state index in [9.17, 15) is 0 Å². The first kappa shape index (κ1) is 8.64. The van der Waals surface area contributed by atoms with Crippen LogP contribution < -0.4 is 0 Å². The fourth-order valence-electron chi connectivity index (χ4n) is 2.06. The molecule has 15 heavy (non-hydrogen) atoms. The van der Waals surface area contributed by atoms with Crippen molar-refractivity contribution in [3.05, 3.63) is 18.1 Å². The van der Waals surface area contributed by atoms with Gasteiger partial charge in [-0.15, -0.1) is 10.2 Å². The number of hydrogen-bond donors (Lipinski definition) is 1. The maximum absolute atomic E-state index is 4.24. The summed E-state index contributed by atoms with van der Waals surface area (Å²) in [6, 6.07) is 1.93. The summed E-state index contributed by atoms with van der Waals surface area (Å²) >= 11 is 0. The minimum absolute atomic E-state index is 0.921. The summed E-state index contributed by atoms with van der Waals surface area (Å²) in [6.07, 6.45) is 6.51. The summed E-state index contributed by atoms with van der Waals surface area (Å²) in [4.78, 5) is 0. The third-order valence-electron chi connectivity index (χ3n) is 2.85. The standard InChI is InChI=1S/C10H13N5/c1-2-4-9-13-14-10(15(9)7-3-1)8-5-6-11-12-8/h5-6H,1-4,7H2,(H,11,12). The van der Waals surface area contributed by atoms with Crippen molar-refractivity contribution < 1.29 is 0 Å². The normalized spacial score (nSPS) is 16.0. The number of nitrogens with one attached hydrogen (secondary N) is 1. The molecule has 0 radical (unpaired) electrons. The molecule has 3 heterocycles. The molecular weight excluding hydrogens is 190 g/mol. The second-order valence-corrected chi connectivity index (χ2v) is 3.87. The van der Waals surface area contributed by atoms with Crippen molar-refractivity contribution in [2.45, 2.75) is 32.2 Å². The molecule has 0 unspecified atom stereocenters. The molecule has 2 aromatic heterocycles. The van der Waals surface area contributed by atoms with E-state index in [4.69, 9.17) is 0 Å². The highest BCUT2D eigenvalue weighted by molar-refractivity contribution is 5.48. The Morgan fingerprint density at radius 3 is 3.07 bits per heavy atom. The number of aromatic amines is 1. The molecule has 78 valence electrons. The van der Waals surface area contributed by atoms with Gasteiger partial charge in [-0.05, 0) is 18.9 Å². The summed E-state index contributed by atoms with van der Waals surface area (Å²) in [5, 5.41) is 15.3. The van der Waals surface area contributed by atoms with Crippen molar-refractivity contribution in [2.24, 2.45) is 0 Å². The SMILES string of the molecule is c1cc(-c2nnc3n2CCCCC3)[nH]n1. The highest BCUT2D eigenvalue weighted by Crippen LogP contribution is 2.20. The van der Waals surface area contributed by atoms with Gasteiger partial charge in [0.25, 0.3) is 0 Å². The lowest BCUT2D eigenvalue weighted by atomic mass is 10.2. The maximum Gasteiger partial charge on any atom is 0.182 e. The van der Waals surface area contributed by atoms with Gasteiger partial charge >= 0.3 is 0 Å². The van der Waals surface area contributed by atoms with Crippen LogP contribution in [0.2, 0.25) is 0 Å². The van der Waals surface area contributed by atoms with Crippen LogP contribution in [0.1, 0.15) is 25.1 Å². The van der Waals surface area contributed by atoms with Crippen LogP contribution in [-0.2, 0) is 13.0 Å². The van der Waals surface area contributed by atoms with Gasteiger partial charge in [-0.25, -0.2) is 0 Å². The molecular formula is C10H13N5. The predicted octanol–water partition coefficient (Wildman–Crippen LogP) is 1.39. The Balaban J connectivity index is 2.06. The number of aromatic nitrogens is 5. The Hall–Kier alpha value is -1.65. The molecule has 0 atom stereocenters. The van der Waals surface area contributed by atoms with Crippen molar-refractivity contribution in [3.63, 3.8) is 0 Å². The monoisotopic (exact) mass is 203 g/mol. The summed E-state index contributed by atoms with van der Waals surface area (Å²) in [7, 11) is 0. The number of H-pyrrole nitrogens is 1. The molecule has 1 aliphatic rings. The molecule has 0 aromatic carbocycles. The van der Waals surface area contributed by atoms with E-state index in [1.165, 1.54) is 19.3 Å². The molecule has 1 aliphatic heterocycles. The Labute approximate surface area is 87.5 Å². The topological polar surface area (TPSA) is 59.4 Å². The third-order valence-corrected chi connectivity index (χ3v) is 2.85. The van der Waals surface area contributed by atoms with Crippen LogP contribution in [0.4, 0.5) is 0 Å². The minimum atomic E-state index is 0.921. The summed E-state index contributed by atoms with van der Waals surface area (Å²) in [5.41, 5.74) is 0.954. The van der Waals surface area contributed by atoms with Crippen LogP contribution in [0.5, 0.6) is 0 Å². The van der Waals surface area contributed by atoms with Gasteiger partial charge in [-0.1, -0.05) is 6.42 Å². The highest BCUT2D eigenvalue weighted by Gasteiger charge is 2.16. The van der Waals surface area contributed by atoms with Crippen LogP contribution in [0.15, 0.2) is 12.3 Å². The van der Waals surface area contributed by atoms with Gasteiger partial charge in [-0.2, -0.15) is 5.10 Å². The molecule has 5 heteroatoms. The number of aryl methyl sites for hydroxylation is 1. The van der Waals surface area contributed by atoms with Gasteiger partial charge in [0.15, 0.2) is 5.82 Å². The molecule has 0 aliphatic carbocycles. The second-order valence-electron chi connectivity index (χ2n) is 3.87. The van der Waals surface area contributed by atoms with Crippen LogP contribution in [0.25, 0.3) is 11.5 Å². The number of hydrogen-bond acceptors (Lipinski definition) is 3. The van der Waals surface area contributed by atoms with E-state index in [0.717, 1.165) is 30.3 Å². The fourth-order valence-corrected chi connectivity index (χ4v) is 2.06. The predicted molar refractivity (Wildman–Crippen MR) is 55.2 cm³/mol. The lowest BCUT2D eigenvalue weighted by Gasteiger charge is -2.04. The van der Waals surface area contributed by atoms with Crippen molar-refractivity contribution >= 4 is 0 Å². The molecule has 5 nitrogen and oxygen atoms in total. The Morgan fingerprint density at radius 2 is 2.20 bits per heavy atom. The van der Waals surface area contributed by atoms with Crippen LogP contribution in [0.3, 0.4) is 0 Å². The van der Waals surface area contributed by atoms with E-state index in [-0.39, 0.29) is 0 Å². The third kappa shape index (κ3) is 1.44. The molecule has 2 aromatic rings. The molecule has 0 fully saturated rings. The van der Waals surface area contributed by atoms with Crippen LogP contribution in [-0.4, -0.2) is 25.0 Å². The Bertz CT molecular complexity index is 442. The Morgan fingerprint density at radius 1 is 1.20 bits per heavy atom.